The largest absolute Gasteiger partial charge is 0.371 e. The molecule has 5 heteroatoms. The zero-order chi connectivity index (χ0) is 25.1. The average molecular weight is 480 g/mol. The standard InChI is InChI=1S/C31H37N5/c1-4-6-7-30-33-31(35-34-30)29-19-27(23(5-2)18-28(29)26-12-13-26)21(3)36-16-14-25(15-17-36)24-10-8-22(20-32)9-11-24/h8-11,18-19,25-26H,3-7,12-17H2,1-2H3,(H,33,34,35). The molecule has 2 heterocycles. The second-order valence-corrected chi connectivity index (χ2v) is 10.4. The Bertz CT molecular complexity index is 1250. The van der Waals surface area contributed by atoms with Gasteiger partial charge < -0.3 is 9.88 Å². The van der Waals surface area contributed by atoms with Gasteiger partial charge in [-0.15, -0.1) is 10.2 Å². The van der Waals surface area contributed by atoms with E-state index in [1.807, 2.05) is 12.1 Å². The van der Waals surface area contributed by atoms with Crippen molar-refractivity contribution >= 4 is 5.70 Å². The lowest BCUT2D eigenvalue weighted by Crippen LogP contribution is -2.31. The molecule has 186 valence electrons. The fraction of sp³-hybridized carbons (Fsp3) is 0.452. The summed E-state index contributed by atoms with van der Waals surface area (Å²) < 4.78 is 0. The van der Waals surface area contributed by atoms with Crippen molar-refractivity contribution in [2.24, 2.45) is 0 Å². The first kappa shape index (κ1) is 24.3. The molecule has 3 aromatic rings. The molecule has 1 saturated heterocycles. The summed E-state index contributed by atoms with van der Waals surface area (Å²) >= 11 is 0. The van der Waals surface area contributed by atoms with Crippen molar-refractivity contribution in [3.8, 4) is 17.5 Å². The van der Waals surface area contributed by atoms with Crippen LogP contribution in [0.5, 0.6) is 0 Å². The number of hydrogen-bond donors (Lipinski definition) is 1. The molecule has 0 unspecified atom stereocenters. The summed E-state index contributed by atoms with van der Waals surface area (Å²) in [6.45, 7) is 11.0. The Kier molecular flexibility index (Phi) is 7.23. The van der Waals surface area contributed by atoms with Gasteiger partial charge in [0.15, 0.2) is 5.82 Å². The van der Waals surface area contributed by atoms with Crippen LogP contribution < -0.4 is 0 Å². The van der Waals surface area contributed by atoms with Crippen LogP contribution in [0.4, 0.5) is 0 Å². The number of hydrogen-bond acceptors (Lipinski definition) is 4. The molecule has 5 nitrogen and oxygen atoms in total. The molecule has 0 spiro atoms. The van der Waals surface area contributed by atoms with Crippen molar-refractivity contribution in [2.45, 2.75) is 77.0 Å². The summed E-state index contributed by atoms with van der Waals surface area (Å²) in [7, 11) is 0. The molecule has 1 aliphatic carbocycles. The molecule has 1 saturated carbocycles. The second kappa shape index (κ2) is 10.7. The van der Waals surface area contributed by atoms with Gasteiger partial charge in [0.05, 0.1) is 11.6 Å². The number of nitrogens with zero attached hydrogens (tertiary/aromatic N) is 4. The van der Waals surface area contributed by atoms with Crippen molar-refractivity contribution in [1.82, 2.24) is 20.1 Å². The van der Waals surface area contributed by atoms with Gasteiger partial charge in [0, 0.05) is 36.3 Å². The predicted molar refractivity (Wildman–Crippen MR) is 146 cm³/mol. The Balaban J connectivity index is 1.37. The van der Waals surface area contributed by atoms with Gasteiger partial charge in [0.2, 0.25) is 0 Å². The van der Waals surface area contributed by atoms with Crippen LogP contribution in [0.3, 0.4) is 0 Å². The number of piperidine rings is 1. The predicted octanol–water partition coefficient (Wildman–Crippen LogP) is 6.98. The van der Waals surface area contributed by atoms with Crippen molar-refractivity contribution in [3.05, 3.63) is 76.6 Å². The number of aromatic nitrogens is 3. The summed E-state index contributed by atoms with van der Waals surface area (Å²) in [5, 5.41) is 18.1. The molecule has 1 aliphatic heterocycles. The van der Waals surface area contributed by atoms with Crippen LogP contribution >= 0.6 is 0 Å². The van der Waals surface area contributed by atoms with Crippen LogP contribution in [0.2, 0.25) is 0 Å². The van der Waals surface area contributed by atoms with Gasteiger partial charge in [-0.2, -0.15) is 5.26 Å². The van der Waals surface area contributed by atoms with E-state index < -0.39 is 0 Å². The molecular formula is C31H37N5. The van der Waals surface area contributed by atoms with Crippen molar-refractivity contribution in [2.75, 3.05) is 13.1 Å². The minimum absolute atomic E-state index is 0.538. The van der Waals surface area contributed by atoms with Gasteiger partial charge in [-0.3, -0.25) is 0 Å². The minimum Gasteiger partial charge on any atom is -0.371 e. The zero-order valence-electron chi connectivity index (χ0n) is 21.7. The van der Waals surface area contributed by atoms with Gasteiger partial charge in [-0.1, -0.05) is 45.0 Å². The van der Waals surface area contributed by atoms with E-state index in [4.69, 9.17) is 5.26 Å². The molecule has 36 heavy (non-hydrogen) atoms. The first-order chi connectivity index (χ1) is 17.6. The number of aryl methyl sites for hydroxylation is 2. The number of H-pyrrole nitrogens is 1. The molecule has 0 amide bonds. The van der Waals surface area contributed by atoms with E-state index in [1.165, 1.54) is 40.7 Å². The maximum atomic E-state index is 9.09. The lowest BCUT2D eigenvalue weighted by Gasteiger charge is -2.36. The van der Waals surface area contributed by atoms with Gasteiger partial charge in [-0.05, 0) is 85.3 Å². The summed E-state index contributed by atoms with van der Waals surface area (Å²) in [5.41, 5.74) is 8.44. The van der Waals surface area contributed by atoms with E-state index >= 15 is 0 Å². The fourth-order valence-electron chi connectivity index (χ4n) is 5.52. The summed E-state index contributed by atoms with van der Waals surface area (Å²) in [6.07, 6.45) is 8.94. The highest BCUT2D eigenvalue weighted by molar-refractivity contribution is 5.74. The number of benzene rings is 2. The van der Waals surface area contributed by atoms with Gasteiger partial charge in [0.1, 0.15) is 5.82 Å². The third-order valence-corrected chi connectivity index (χ3v) is 7.93. The molecule has 0 atom stereocenters. The molecule has 5 rings (SSSR count). The second-order valence-electron chi connectivity index (χ2n) is 10.4. The Morgan fingerprint density at radius 1 is 1.06 bits per heavy atom. The molecule has 0 radical (unpaired) electrons. The third kappa shape index (κ3) is 5.09. The molecule has 1 aromatic heterocycles. The molecular weight excluding hydrogens is 442 g/mol. The van der Waals surface area contributed by atoms with Crippen molar-refractivity contribution in [3.63, 3.8) is 0 Å². The van der Waals surface area contributed by atoms with E-state index in [9.17, 15) is 0 Å². The van der Waals surface area contributed by atoms with Crippen LogP contribution in [0.1, 0.15) is 97.8 Å². The summed E-state index contributed by atoms with van der Waals surface area (Å²) in [6, 6.07) is 15.1. The lowest BCUT2D eigenvalue weighted by molar-refractivity contribution is 0.299. The SMILES string of the molecule is C=C(c1cc(-c2nnc(CCCC)[nH]2)c(C2CC2)cc1CC)N1CCC(c2ccc(C#N)cc2)CC1. The number of aromatic amines is 1. The third-order valence-electron chi connectivity index (χ3n) is 7.93. The average Bonchev–Trinajstić information content (AvgIpc) is 3.68. The van der Waals surface area contributed by atoms with Crippen LogP contribution in [0, 0.1) is 11.3 Å². The molecule has 2 fully saturated rings. The Morgan fingerprint density at radius 2 is 1.81 bits per heavy atom. The highest BCUT2D eigenvalue weighted by atomic mass is 15.2. The maximum Gasteiger partial charge on any atom is 0.161 e. The lowest BCUT2D eigenvalue weighted by atomic mass is 9.87. The highest BCUT2D eigenvalue weighted by Gasteiger charge is 2.30. The minimum atomic E-state index is 0.538. The number of nitrogens with one attached hydrogen (secondary N) is 1. The van der Waals surface area contributed by atoms with Crippen LogP contribution in [0.15, 0.2) is 43.0 Å². The Labute approximate surface area is 215 Å². The number of rotatable bonds is 9. The maximum absolute atomic E-state index is 9.09. The number of nitriles is 1. The molecule has 2 aliphatic rings. The van der Waals surface area contributed by atoms with Crippen LogP contribution in [-0.2, 0) is 12.8 Å². The number of unbranched alkanes of at least 4 members (excludes halogenated alkanes) is 1. The topological polar surface area (TPSA) is 68.6 Å². The quantitative estimate of drug-likeness (QED) is 0.360. The summed E-state index contributed by atoms with van der Waals surface area (Å²) in [4.78, 5) is 5.98. The highest BCUT2D eigenvalue weighted by Crippen LogP contribution is 2.46. The van der Waals surface area contributed by atoms with E-state index in [0.717, 1.165) is 74.5 Å². The first-order valence-electron chi connectivity index (χ1n) is 13.6. The molecule has 2 aromatic carbocycles. The van der Waals surface area contributed by atoms with E-state index in [1.54, 1.807) is 0 Å². The van der Waals surface area contributed by atoms with E-state index in [0.29, 0.717) is 11.8 Å². The van der Waals surface area contributed by atoms with E-state index in [-0.39, 0.29) is 0 Å². The van der Waals surface area contributed by atoms with E-state index in [2.05, 4.69) is 70.8 Å². The van der Waals surface area contributed by atoms with Crippen molar-refractivity contribution in [1.29, 1.82) is 5.26 Å². The smallest absolute Gasteiger partial charge is 0.161 e. The molecule has 0 bridgehead atoms. The Morgan fingerprint density at radius 3 is 2.44 bits per heavy atom. The fourth-order valence-corrected chi connectivity index (χ4v) is 5.52. The van der Waals surface area contributed by atoms with Crippen LogP contribution in [0.25, 0.3) is 17.1 Å². The first-order valence-corrected chi connectivity index (χ1v) is 13.6. The molecule has 1 N–H and O–H groups in total. The Hall–Kier alpha value is -3.39. The van der Waals surface area contributed by atoms with Gasteiger partial charge in [-0.25, -0.2) is 0 Å². The van der Waals surface area contributed by atoms with Gasteiger partial charge >= 0.3 is 0 Å². The van der Waals surface area contributed by atoms with Crippen LogP contribution in [-0.4, -0.2) is 33.2 Å². The normalized spacial score (nSPS) is 16.2. The van der Waals surface area contributed by atoms with Gasteiger partial charge in [0.25, 0.3) is 0 Å². The van der Waals surface area contributed by atoms with Crippen molar-refractivity contribution < 1.29 is 0 Å². The summed E-state index contributed by atoms with van der Waals surface area (Å²) in [5.74, 6) is 3.06. The number of likely N-dealkylation sites (tertiary alicyclic amines) is 1. The monoisotopic (exact) mass is 479 g/mol. The zero-order valence-corrected chi connectivity index (χ0v) is 21.7.